The highest BCUT2D eigenvalue weighted by molar-refractivity contribution is 4.94. The molecule has 0 saturated carbocycles. The first-order valence-electron chi connectivity index (χ1n) is 4.41. The van der Waals surface area contributed by atoms with Gasteiger partial charge >= 0.3 is 0 Å². The molecule has 66 valence electrons. The molecule has 0 unspecified atom stereocenters. The summed E-state index contributed by atoms with van der Waals surface area (Å²) in [5.74, 6) is 0.981. The molecule has 1 atom stereocenters. The third-order valence-electron chi connectivity index (χ3n) is 2.23. The van der Waals surface area contributed by atoms with Gasteiger partial charge in [0, 0.05) is 6.54 Å². The van der Waals surface area contributed by atoms with Crippen molar-refractivity contribution in [2.24, 2.45) is 0 Å². The van der Waals surface area contributed by atoms with Crippen molar-refractivity contribution in [3.8, 4) is 0 Å². The van der Waals surface area contributed by atoms with E-state index in [-0.39, 0.29) is 0 Å². The Labute approximate surface area is 71.1 Å². The van der Waals surface area contributed by atoms with Gasteiger partial charge in [-0.2, -0.15) is 0 Å². The molecule has 1 N–H and O–H groups in total. The Morgan fingerprint density at radius 1 is 1.67 bits per heavy atom. The quantitative estimate of drug-likeness (QED) is 0.679. The lowest BCUT2D eigenvalue weighted by Crippen LogP contribution is -2.18. The number of nitrogens with zero attached hydrogens (tertiary/aromatic N) is 4. The van der Waals surface area contributed by atoms with Gasteiger partial charge in [-0.25, -0.2) is 4.68 Å². The molecule has 2 heterocycles. The topological polar surface area (TPSA) is 55.6 Å². The first kappa shape index (κ1) is 7.67. The lowest BCUT2D eigenvalue weighted by molar-refractivity contribution is 0.525. The third kappa shape index (κ3) is 1.20. The highest BCUT2D eigenvalue weighted by Crippen LogP contribution is 2.19. The molecule has 0 aromatic carbocycles. The van der Waals surface area contributed by atoms with E-state index in [4.69, 9.17) is 0 Å². The second-order valence-corrected chi connectivity index (χ2v) is 3.00. The van der Waals surface area contributed by atoms with E-state index in [9.17, 15) is 0 Å². The summed E-state index contributed by atoms with van der Waals surface area (Å²) in [4.78, 5) is 0. The summed E-state index contributed by atoms with van der Waals surface area (Å²) >= 11 is 0. The zero-order valence-electron chi connectivity index (χ0n) is 7.19. The Balaban J connectivity index is 2.19. The molecule has 0 bridgehead atoms. The summed E-state index contributed by atoms with van der Waals surface area (Å²) in [5.41, 5.74) is 0. The minimum Gasteiger partial charge on any atom is -0.307 e. The Bertz CT molecular complexity index is 250. The van der Waals surface area contributed by atoms with Crippen molar-refractivity contribution in [3.63, 3.8) is 0 Å². The van der Waals surface area contributed by atoms with Gasteiger partial charge in [0.2, 0.25) is 0 Å². The van der Waals surface area contributed by atoms with Gasteiger partial charge in [0.25, 0.3) is 0 Å². The molecular weight excluding hydrogens is 154 g/mol. The van der Waals surface area contributed by atoms with Gasteiger partial charge in [0.05, 0.1) is 6.04 Å². The van der Waals surface area contributed by atoms with E-state index in [0.717, 1.165) is 25.3 Å². The molecule has 1 aliphatic heterocycles. The molecule has 0 amide bonds. The number of aryl methyl sites for hydroxylation is 1. The number of nitrogens with one attached hydrogen (secondary N) is 1. The second-order valence-electron chi connectivity index (χ2n) is 3.00. The van der Waals surface area contributed by atoms with Crippen LogP contribution in [0.3, 0.4) is 0 Å². The Morgan fingerprint density at radius 2 is 2.58 bits per heavy atom. The average Bonchev–Trinajstić information content (AvgIpc) is 2.74. The maximum Gasteiger partial charge on any atom is 0.168 e. The molecule has 1 aromatic heterocycles. The summed E-state index contributed by atoms with van der Waals surface area (Å²) in [5, 5.41) is 14.9. The van der Waals surface area contributed by atoms with Crippen LogP contribution in [-0.4, -0.2) is 26.8 Å². The van der Waals surface area contributed by atoms with Crippen molar-refractivity contribution in [1.29, 1.82) is 0 Å². The van der Waals surface area contributed by atoms with Crippen LogP contribution in [0, 0.1) is 0 Å². The summed E-state index contributed by atoms with van der Waals surface area (Å²) < 4.78 is 1.85. The maximum absolute atomic E-state index is 4.01. The fourth-order valence-corrected chi connectivity index (χ4v) is 1.59. The van der Waals surface area contributed by atoms with Gasteiger partial charge in [0.15, 0.2) is 5.82 Å². The number of hydrogen-bond acceptors (Lipinski definition) is 4. The van der Waals surface area contributed by atoms with Gasteiger partial charge in [-0.15, -0.1) is 5.10 Å². The van der Waals surface area contributed by atoms with Crippen molar-refractivity contribution < 1.29 is 0 Å². The molecule has 5 nitrogen and oxygen atoms in total. The predicted octanol–water partition coefficient (Wildman–Crippen LogP) is 0.117. The molecule has 12 heavy (non-hydrogen) atoms. The summed E-state index contributed by atoms with van der Waals surface area (Å²) in [6.07, 6.45) is 2.38. The lowest BCUT2D eigenvalue weighted by atomic mass is 10.2. The van der Waals surface area contributed by atoms with E-state index < -0.39 is 0 Å². The highest BCUT2D eigenvalue weighted by atomic mass is 15.5. The van der Waals surface area contributed by atoms with E-state index in [1.807, 2.05) is 4.68 Å². The van der Waals surface area contributed by atoms with Crippen LogP contribution >= 0.6 is 0 Å². The fraction of sp³-hybridized carbons (Fsp3) is 0.857. The number of aromatic nitrogens is 4. The highest BCUT2D eigenvalue weighted by Gasteiger charge is 2.21. The van der Waals surface area contributed by atoms with Gasteiger partial charge in [-0.1, -0.05) is 0 Å². The second kappa shape index (κ2) is 3.18. The molecule has 2 rings (SSSR count). The minimum absolute atomic E-state index is 0.375. The first-order chi connectivity index (χ1) is 5.92. The lowest BCUT2D eigenvalue weighted by Gasteiger charge is -2.07. The largest absolute Gasteiger partial charge is 0.307 e. The molecule has 0 aliphatic carbocycles. The summed E-state index contributed by atoms with van der Waals surface area (Å²) in [6, 6.07) is 0.375. The minimum atomic E-state index is 0.375. The van der Waals surface area contributed by atoms with Crippen LogP contribution in [0.4, 0.5) is 0 Å². The first-order valence-corrected chi connectivity index (χ1v) is 4.41. The van der Waals surface area contributed by atoms with E-state index >= 15 is 0 Å². The van der Waals surface area contributed by atoms with Gasteiger partial charge in [-0.3, -0.25) is 0 Å². The molecule has 0 spiro atoms. The summed E-state index contributed by atoms with van der Waals surface area (Å²) in [7, 11) is 0. The van der Waals surface area contributed by atoms with E-state index in [2.05, 4.69) is 27.8 Å². The van der Waals surface area contributed by atoms with Crippen LogP contribution in [0.2, 0.25) is 0 Å². The zero-order chi connectivity index (χ0) is 8.39. The van der Waals surface area contributed by atoms with Crippen LogP contribution < -0.4 is 5.32 Å². The Hall–Kier alpha value is -0.970. The molecule has 0 radical (unpaired) electrons. The Morgan fingerprint density at radius 3 is 3.25 bits per heavy atom. The molecular formula is C7H13N5. The number of hydrogen-bond donors (Lipinski definition) is 1. The predicted molar refractivity (Wildman–Crippen MR) is 43.5 cm³/mol. The van der Waals surface area contributed by atoms with Crippen LogP contribution in [0.5, 0.6) is 0 Å². The van der Waals surface area contributed by atoms with Gasteiger partial charge < -0.3 is 5.32 Å². The van der Waals surface area contributed by atoms with Crippen molar-refractivity contribution in [2.45, 2.75) is 32.4 Å². The van der Waals surface area contributed by atoms with Crippen molar-refractivity contribution >= 4 is 0 Å². The maximum atomic E-state index is 4.01. The van der Waals surface area contributed by atoms with Crippen LogP contribution in [-0.2, 0) is 6.54 Å². The molecule has 1 aliphatic rings. The number of tetrazole rings is 1. The van der Waals surface area contributed by atoms with Crippen LogP contribution in [0.1, 0.15) is 31.6 Å². The SMILES string of the molecule is CCn1nnnc1[C@@H]1CCCN1. The monoisotopic (exact) mass is 167 g/mol. The molecule has 1 aromatic rings. The Kier molecular flexibility index (Phi) is 2.03. The third-order valence-corrected chi connectivity index (χ3v) is 2.23. The molecule has 1 fully saturated rings. The zero-order valence-corrected chi connectivity index (χ0v) is 7.19. The fourth-order valence-electron chi connectivity index (χ4n) is 1.59. The van der Waals surface area contributed by atoms with Crippen molar-refractivity contribution in [1.82, 2.24) is 25.5 Å². The van der Waals surface area contributed by atoms with Crippen LogP contribution in [0.25, 0.3) is 0 Å². The van der Waals surface area contributed by atoms with E-state index in [1.54, 1.807) is 0 Å². The van der Waals surface area contributed by atoms with Gasteiger partial charge in [0.1, 0.15) is 0 Å². The van der Waals surface area contributed by atoms with E-state index in [1.165, 1.54) is 6.42 Å². The van der Waals surface area contributed by atoms with Crippen molar-refractivity contribution in [3.05, 3.63) is 5.82 Å². The smallest absolute Gasteiger partial charge is 0.168 e. The van der Waals surface area contributed by atoms with Crippen molar-refractivity contribution in [2.75, 3.05) is 6.54 Å². The summed E-state index contributed by atoms with van der Waals surface area (Å²) in [6.45, 7) is 3.98. The van der Waals surface area contributed by atoms with Gasteiger partial charge in [-0.05, 0) is 36.7 Å². The van der Waals surface area contributed by atoms with E-state index in [0.29, 0.717) is 6.04 Å². The average molecular weight is 167 g/mol. The molecule has 1 saturated heterocycles. The van der Waals surface area contributed by atoms with Crippen LogP contribution in [0.15, 0.2) is 0 Å². The standard InChI is InChI=1S/C7H13N5/c1-2-12-7(9-10-11-12)6-4-3-5-8-6/h6,8H,2-5H2,1H3/t6-/m0/s1. The normalized spacial score (nSPS) is 23.2. The molecule has 5 heteroatoms. The number of rotatable bonds is 2.